The summed E-state index contributed by atoms with van der Waals surface area (Å²) in [6, 6.07) is 10.3. The molecule has 2 aromatic carbocycles. The van der Waals surface area contributed by atoms with E-state index in [4.69, 9.17) is 17.3 Å². The van der Waals surface area contributed by atoms with Gasteiger partial charge in [-0.25, -0.2) is 4.39 Å². The van der Waals surface area contributed by atoms with E-state index in [9.17, 15) is 4.39 Å². The lowest BCUT2D eigenvalue weighted by Crippen LogP contribution is -2.16. The molecule has 0 radical (unpaired) electrons. The second-order valence-electron chi connectivity index (χ2n) is 4.52. The normalized spacial score (nSPS) is 12.5. The maximum Gasteiger partial charge on any atom is 0.126 e. The molecule has 0 amide bonds. The van der Waals surface area contributed by atoms with Crippen molar-refractivity contribution in [3.05, 3.63) is 67.5 Å². The van der Waals surface area contributed by atoms with Gasteiger partial charge in [0.2, 0.25) is 0 Å². The molecule has 2 N–H and O–H groups in total. The van der Waals surface area contributed by atoms with Gasteiger partial charge in [0.15, 0.2) is 0 Å². The highest BCUT2D eigenvalue weighted by molar-refractivity contribution is 14.1. The van der Waals surface area contributed by atoms with Gasteiger partial charge < -0.3 is 5.73 Å². The third kappa shape index (κ3) is 3.46. The van der Waals surface area contributed by atoms with E-state index in [0.717, 1.165) is 9.13 Å². The van der Waals surface area contributed by atoms with Crippen LogP contribution in [0.25, 0.3) is 0 Å². The van der Waals surface area contributed by atoms with Gasteiger partial charge in [-0.1, -0.05) is 29.8 Å². The van der Waals surface area contributed by atoms with Gasteiger partial charge in [-0.15, -0.1) is 0 Å². The molecule has 0 bridgehead atoms. The van der Waals surface area contributed by atoms with E-state index in [-0.39, 0.29) is 11.9 Å². The molecule has 4 heteroatoms. The van der Waals surface area contributed by atoms with Crippen LogP contribution in [0.2, 0.25) is 5.02 Å². The highest BCUT2D eigenvalue weighted by Crippen LogP contribution is 2.26. The molecule has 19 heavy (non-hydrogen) atoms. The molecule has 0 aliphatic rings. The second kappa shape index (κ2) is 6.20. The monoisotopic (exact) mass is 389 g/mol. The van der Waals surface area contributed by atoms with Crippen LogP contribution in [0, 0.1) is 16.3 Å². The molecule has 0 aromatic heterocycles. The fourth-order valence-corrected chi connectivity index (χ4v) is 2.96. The third-order valence-corrected chi connectivity index (χ3v) is 4.78. The van der Waals surface area contributed by atoms with Crippen LogP contribution >= 0.6 is 34.2 Å². The first-order valence-electron chi connectivity index (χ1n) is 5.93. The maximum atomic E-state index is 13.7. The van der Waals surface area contributed by atoms with Crippen LogP contribution in [0.3, 0.4) is 0 Å². The van der Waals surface area contributed by atoms with Gasteiger partial charge in [-0.3, -0.25) is 0 Å². The zero-order valence-electron chi connectivity index (χ0n) is 10.5. The summed E-state index contributed by atoms with van der Waals surface area (Å²) in [5.74, 6) is -0.262. The molecule has 0 aliphatic heterocycles. The molecule has 0 heterocycles. The lowest BCUT2D eigenvalue weighted by Gasteiger charge is -2.16. The highest BCUT2D eigenvalue weighted by Gasteiger charge is 2.14. The summed E-state index contributed by atoms with van der Waals surface area (Å²) in [4.78, 5) is 0. The van der Waals surface area contributed by atoms with Crippen molar-refractivity contribution in [2.75, 3.05) is 0 Å². The first-order chi connectivity index (χ1) is 8.99. The predicted octanol–water partition coefficient (Wildman–Crippen LogP) is 4.63. The summed E-state index contributed by atoms with van der Waals surface area (Å²) in [7, 11) is 0. The van der Waals surface area contributed by atoms with Crippen molar-refractivity contribution in [2.24, 2.45) is 5.73 Å². The smallest absolute Gasteiger partial charge is 0.126 e. The summed E-state index contributed by atoms with van der Waals surface area (Å²) >= 11 is 8.17. The number of hydrogen-bond acceptors (Lipinski definition) is 1. The summed E-state index contributed by atoms with van der Waals surface area (Å²) in [5.41, 5.74) is 8.98. The molecule has 0 saturated carbocycles. The zero-order valence-corrected chi connectivity index (χ0v) is 13.4. The van der Waals surface area contributed by atoms with Crippen molar-refractivity contribution < 1.29 is 4.39 Å². The minimum Gasteiger partial charge on any atom is -0.324 e. The van der Waals surface area contributed by atoms with E-state index in [1.165, 1.54) is 11.6 Å². The molecule has 1 atom stereocenters. The summed E-state index contributed by atoms with van der Waals surface area (Å²) in [6.07, 6.45) is 0.436. The fraction of sp³-hybridized carbons (Fsp3) is 0.200. The largest absolute Gasteiger partial charge is 0.324 e. The minimum atomic E-state index is -0.262. The first-order valence-corrected chi connectivity index (χ1v) is 7.39. The van der Waals surface area contributed by atoms with Crippen molar-refractivity contribution >= 4 is 34.2 Å². The maximum absolute atomic E-state index is 13.7. The fourth-order valence-electron chi connectivity index (χ4n) is 2.00. The molecule has 100 valence electrons. The molecule has 2 rings (SSSR count). The molecule has 0 spiro atoms. The molecule has 0 aliphatic carbocycles. The SMILES string of the molecule is Cc1cccc(C(N)Cc2cc(Cl)ccc2F)c1I. The Hall–Kier alpha value is -0.650. The Bertz CT molecular complexity index is 601. The van der Waals surface area contributed by atoms with Crippen LogP contribution in [-0.4, -0.2) is 0 Å². The number of hydrogen-bond donors (Lipinski definition) is 1. The third-order valence-electron chi connectivity index (χ3n) is 3.07. The van der Waals surface area contributed by atoms with E-state index in [1.54, 1.807) is 12.1 Å². The van der Waals surface area contributed by atoms with Crippen LogP contribution < -0.4 is 5.73 Å². The second-order valence-corrected chi connectivity index (χ2v) is 6.04. The van der Waals surface area contributed by atoms with E-state index in [2.05, 4.69) is 22.6 Å². The molecule has 2 aromatic rings. The van der Waals surface area contributed by atoms with Crippen molar-refractivity contribution in [3.63, 3.8) is 0 Å². The number of aryl methyl sites for hydroxylation is 1. The van der Waals surface area contributed by atoms with Crippen molar-refractivity contribution in [1.82, 2.24) is 0 Å². The van der Waals surface area contributed by atoms with Crippen LogP contribution in [-0.2, 0) is 6.42 Å². The van der Waals surface area contributed by atoms with Gasteiger partial charge in [0, 0.05) is 14.6 Å². The quantitative estimate of drug-likeness (QED) is 0.761. The Labute approximate surface area is 131 Å². The van der Waals surface area contributed by atoms with Gasteiger partial charge in [0.1, 0.15) is 5.82 Å². The van der Waals surface area contributed by atoms with E-state index in [1.807, 2.05) is 25.1 Å². The first kappa shape index (κ1) is 14.8. The van der Waals surface area contributed by atoms with E-state index in [0.29, 0.717) is 17.0 Å². The molecule has 0 fully saturated rings. The van der Waals surface area contributed by atoms with Crippen LogP contribution in [0.1, 0.15) is 22.7 Å². The molecular weight excluding hydrogens is 376 g/mol. The standard InChI is InChI=1S/C15H14ClFIN/c1-9-3-2-4-12(15(9)18)14(19)8-10-7-11(16)5-6-13(10)17/h2-7,14H,8,19H2,1H3. The van der Waals surface area contributed by atoms with Gasteiger partial charge in [0.05, 0.1) is 0 Å². The highest BCUT2D eigenvalue weighted by atomic mass is 127. The van der Waals surface area contributed by atoms with Crippen LogP contribution in [0.15, 0.2) is 36.4 Å². The van der Waals surface area contributed by atoms with Gasteiger partial charge in [-0.2, -0.15) is 0 Å². The Kier molecular flexibility index (Phi) is 4.81. The van der Waals surface area contributed by atoms with Crippen molar-refractivity contribution in [3.8, 4) is 0 Å². The summed E-state index contributed by atoms with van der Waals surface area (Å²) in [5, 5.41) is 0.530. The van der Waals surface area contributed by atoms with E-state index >= 15 is 0 Å². The molecule has 1 nitrogen and oxygen atoms in total. The lowest BCUT2D eigenvalue weighted by molar-refractivity contribution is 0.593. The van der Waals surface area contributed by atoms with Crippen LogP contribution in [0.4, 0.5) is 4.39 Å². The van der Waals surface area contributed by atoms with E-state index < -0.39 is 0 Å². The number of nitrogens with two attached hydrogens (primary N) is 1. The summed E-state index contributed by atoms with van der Waals surface area (Å²) in [6.45, 7) is 2.04. The topological polar surface area (TPSA) is 26.0 Å². The number of halogens is 3. The van der Waals surface area contributed by atoms with Crippen molar-refractivity contribution in [2.45, 2.75) is 19.4 Å². The Morgan fingerprint density at radius 1 is 1.32 bits per heavy atom. The average Bonchev–Trinajstić information content (AvgIpc) is 2.37. The Morgan fingerprint density at radius 3 is 2.79 bits per heavy atom. The zero-order chi connectivity index (χ0) is 14.0. The molecule has 1 unspecified atom stereocenters. The Morgan fingerprint density at radius 2 is 2.05 bits per heavy atom. The van der Waals surface area contributed by atoms with Crippen LogP contribution in [0.5, 0.6) is 0 Å². The van der Waals surface area contributed by atoms with Gasteiger partial charge in [0.25, 0.3) is 0 Å². The summed E-state index contributed by atoms with van der Waals surface area (Å²) < 4.78 is 14.8. The minimum absolute atomic E-state index is 0.236. The van der Waals surface area contributed by atoms with Gasteiger partial charge in [-0.05, 0) is 70.8 Å². The average molecular weight is 390 g/mol. The predicted molar refractivity (Wildman–Crippen MR) is 85.9 cm³/mol. The number of benzene rings is 2. The van der Waals surface area contributed by atoms with Crippen molar-refractivity contribution in [1.29, 1.82) is 0 Å². The van der Waals surface area contributed by atoms with Gasteiger partial charge >= 0.3 is 0 Å². The lowest BCUT2D eigenvalue weighted by atomic mass is 9.98. The Balaban J connectivity index is 2.28. The number of rotatable bonds is 3. The molecular formula is C15H14ClFIN. The molecule has 0 saturated heterocycles.